The number of methoxy groups -OCH3 is 2. The zero-order chi connectivity index (χ0) is 13.2. The molecule has 3 nitrogen and oxygen atoms in total. The first-order valence-electron chi connectivity index (χ1n) is 5.41. The van der Waals surface area contributed by atoms with Gasteiger partial charge in [0.15, 0.2) is 0 Å². The molecule has 0 saturated heterocycles. The van der Waals surface area contributed by atoms with E-state index >= 15 is 0 Å². The maximum absolute atomic E-state index is 9.45. The molecule has 0 spiro atoms. The van der Waals surface area contributed by atoms with Gasteiger partial charge in [-0.15, -0.1) is 0 Å². The Morgan fingerprint density at radius 2 is 1.76 bits per heavy atom. The summed E-state index contributed by atoms with van der Waals surface area (Å²) in [7, 11) is 3.14. The highest BCUT2D eigenvalue weighted by atomic mass is 35.5. The van der Waals surface area contributed by atoms with E-state index in [2.05, 4.69) is 0 Å². The van der Waals surface area contributed by atoms with Gasteiger partial charge in [0.25, 0.3) is 0 Å². The van der Waals surface area contributed by atoms with Crippen LogP contribution in [0.4, 0.5) is 0 Å². The van der Waals surface area contributed by atoms with Gasteiger partial charge in [0.05, 0.1) is 20.8 Å². The molecule has 0 aliphatic carbocycles. The van der Waals surface area contributed by atoms with E-state index < -0.39 is 5.41 Å². The van der Waals surface area contributed by atoms with E-state index in [0.29, 0.717) is 16.5 Å². The van der Waals surface area contributed by atoms with Crippen molar-refractivity contribution >= 4 is 11.6 Å². The fourth-order valence-electron chi connectivity index (χ4n) is 1.78. The molecule has 0 radical (unpaired) electrons. The van der Waals surface area contributed by atoms with Crippen molar-refractivity contribution in [2.24, 2.45) is 0 Å². The van der Waals surface area contributed by atoms with Crippen LogP contribution in [0.15, 0.2) is 6.07 Å². The normalized spacial score (nSPS) is 11.5. The summed E-state index contributed by atoms with van der Waals surface area (Å²) in [6.07, 6.45) is 0. The lowest BCUT2D eigenvalue weighted by Crippen LogP contribution is -2.23. The van der Waals surface area contributed by atoms with E-state index in [1.54, 1.807) is 14.2 Å². The van der Waals surface area contributed by atoms with Crippen LogP contribution in [0, 0.1) is 6.92 Å². The largest absolute Gasteiger partial charge is 0.495 e. The van der Waals surface area contributed by atoms with Gasteiger partial charge < -0.3 is 14.6 Å². The van der Waals surface area contributed by atoms with Crippen LogP contribution in [-0.4, -0.2) is 25.9 Å². The average molecular weight is 259 g/mol. The van der Waals surface area contributed by atoms with Crippen molar-refractivity contribution in [1.29, 1.82) is 0 Å². The van der Waals surface area contributed by atoms with Gasteiger partial charge in [-0.25, -0.2) is 0 Å². The monoisotopic (exact) mass is 258 g/mol. The average Bonchev–Trinajstić information content (AvgIpc) is 2.29. The van der Waals surface area contributed by atoms with E-state index in [4.69, 9.17) is 21.1 Å². The van der Waals surface area contributed by atoms with Crippen LogP contribution in [0.3, 0.4) is 0 Å². The fraction of sp³-hybridized carbons (Fsp3) is 0.538. The Morgan fingerprint density at radius 1 is 1.24 bits per heavy atom. The molecule has 96 valence electrons. The predicted octanol–water partition coefficient (Wildman–Crippen LogP) is 2.94. The molecule has 0 amide bonds. The molecule has 0 aromatic heterocycles. The van der Waals surface area contributed by atoms with Gasteiger partial charge in [0.2, 0.25) is 0 Å². The van der Waals surface area contributed by atoms with Crippen LogP contribution in [-0.2, 0) is 5.41 Å². The van der Waals surface area contributed by atoms with Gasteiger partial charge in [0.1, 0.15) is 16.5 Å². The number of hydrogen-bond acceptors (Lipinski definition) is 3. The number of aryl methyl sites for hydroxylation is 1. The molecule has 0 fully saturated rings. The summed E-state index contributed by atoms with van der Waals surface area (Å²) >= 11 is 6.25. The lowest BCUT2D eigenvalue weighted by molar-refractivity contribution is 0.214. The van der Waals surface area contributed by atoms with Crippen LogP contribution in [0.5, 0.6) is 11.5 Å². The Balaban J connectivity index is 3.52. The van der Waals surface area contributed by atoms with Gasteiger partial charge >= 0.3 is 0 Å². The second-order valence-corrected chi connectivity index (χ2v) is 5.04. The zero-order valence-corrected chi connectivity index (χ0v) is 11.7. The minimum absolute atomic E-state index is 0.0193. The van der Waals surface area contributed by atoms with Crippen molar-refractivity contribution in [3.8, 4) is 11.5 Å². The molecule has 0 aliphatic heterocycles. The lowest BCUT2D eigenvalue weighted by Gasteiger charge is -2.26. The number of halogens is 1. The summed E-state index contributed by atoms with van der Waals surface area (Å²) in [4.78, 5) is 0. The summed E-state index contributed by atoms with van der Waals surface area (Å²) in [5.41, 5.74) is 1.40. The highest BCUT2D eigenvalue weighted by molar-refractivity contribution is 6.33. The first-order chi connectivity index (χ1) is 7.88. The van der Waals surface area contributed by atoms with Crippen molar-refractivity contribution in [2.75, 3.05) is 20.8 Å². The molecular weight excluding hydrogens is 240 g/mol. The van der Waals surface area contributed by atoms with Gasteiger partial charge in [-0.1, -0.05) is 25.4 Å². The molecule has 0 bridgehead atoms. The van der Waals surface area contributed by atoms with Crippen LogP contribution in [0.2, 0.25) is 5.02 Å². The topological polar surface area (TPSA) is 38.7 Å². The van der Waals surface area contributed by atoms with Gasteiger partial charge in [0, 0.05) is 11.0 Å². The van der Waals surface area contributed by atoms with E-state index in [0.717, 1.165) is 11.1 Å². The first kappa shape index (κ1) is 14.1. The third-order valence-corrected chi connectivity index (χ3v) is 3.24. The second-order valence-electron chi connectivity index (χ2n) is 4.66. The Morgan fingerprint density at radius 3 is 2.18 bits per heavy atom. The van der Waals surface area contributed by atoms with Crippen molar-refractivity contribution in [3.05, 3.63) is 22.2 Å². The number of aliphatic hydroxyl groups excluding tert-OH is 1. The van der Waals surface area contributed by atoms with E-state index in [1.807, 2.05) is 26.8 Å². The van der Waals surface area contributed by atoms with E-state index in [9.17, 15) is 5.11 Å². The highest BCUT2D eigenvalue weighted by Crippen LogP contribution is 2.43. The Kier molecular flexibility index (Phi) is 4.28. The quantitative estimate of drug-likeness (QED) is 0.903. The fourth-order valence-corrected chi connectivity index (χ4v) is 2.19. The molecule has 17 heavy (non-hydrogen) atoms. The Labute approximate surface area is 107 Å². The molecule has 0 heterocycles. The standard InChI is InChI=1S/C13H19ClO3/c1-8-6-9(13(2,3)7-15)12(17-5)10(14)11(8)16-4/h6,15H,7H2,1-5H3. The molecular formula is C13H19ClO3. The van der Waals surface area contributed by atoms with Gasteiger partial charge in [-0.2, -0.15) is 0 Å². The van der Waals surface area contributed by atoms with Gasteiger partial charge in [-0.3, -0.25) is 0 Å². The van der Waals surface area contributed by atoms with Crippen molar-refractivity contribution < 1.29 is 14.6 Å². The maximum Gasteiger partial charge on any atom is 0.145 e. The third-order valence-electron chi connectivity index (χ3n) is 2.89. The van der Waals surface area contributed by atoms with Crippen LogP contribution < -0.4 is 9.47 Å². The predicted molar refractivity (Wildman–Crippen MR) is 69.4 cm³/mol. The Bertz CT molecular complexity index is 414. The minimum atomic E-state index is -0.411. The summed E-state index contributed by atoms with van der Waals surface area (Å²) < 4.78 is 10.6. The zero-order valence-electron chi connectivity index (χ0n) is 10.9. The van der Waals surface area contributed by atoms with Gasteiger partial charge in [-0.05, 0) is 18.6 Å². The Hall–Kier alpha value is -0.930. The van der Waals surface area contributed by atoms with Crippen molar-refractivity contribution in [3.63, 3.8) is 0 Å². The SMILES string of the molecule is COc1c(C)cc(C(C)(C)CO)c(OC)c1Cl. The second kappa shape index (κ2) is 5.15. The van der Waals surface area contributed by atoms with Crippen LogP contribution in [0.1, 0.15) is 25.0 Å². The summed E-state index contributed by atoms with van der Waals surface area (Å²) in [6.45, 7) is 5.81. The van der Waals surface area contributed by atoms with Crippen LogP contribution >= 0.6 is 11.6 Å². The van der Waals surface area contributed by atoms with Crippen molar-refractivity contribution in [1.82, 2.24) is 0 Å². The molecule has 0 unspecified atom stereocenters. The van der Waals surface area contributed by atoms with Crippen molar-refractivity contribution in [2.45, 2.75) is 26.2 Å². The summed E-state index contributed by atoms with van der Waals surface area (Å²) in [5.74, 6) is 1.18. The molecule has 1 aromatic rings. The molecule has 0 aliphatic rings. The molecule has 1 aromatic carbocycles. The third kappa shape index (κ3) is 2.50. The number of benzene rings is 1. The maximum atomic E-state index is 9.45. The number of hydrogen-bond donors (Lipinski definition) is 1. The molecule has 1 rings (SSSR count). The molecule has 0 atom stereocenters. The number of ether oxygens (including phenoxy) is 2. The number of rotatable bonds is 4. The first-order valence-corrected chi connectivity index (χ1v) is 5.79. The molecule has 1 N–H and O–H groups in total. The van der Waals surface area contributed by atoms with E-state index in [1.165, 1.54) is 0 Å². The highest BCUT2D eigenvalue weighted by Gasteiger charge is 2.27. The van der Waals surface area contributed by atoms with E-state index in [-0.39, 0.29) is 6.61 Å². The molecule has 0 saturated carbocycles. The number of aliphatic hydroxyl groups is 1. The smallest absolute Gasteiger partial charge is 0.145 e. The lowest BCUT2D eigenvalue weighted by atomic mass is 9.84. The minimum Gasteiger partial charge on any atom is -0.495 e. The molecule has 4 heteroatoms. The summed E-state index contributed by atoms with van der Waals surface area (Å²) in [5, 5.41) is 9.90. The summed E-state index contributed by atoms with van der Waals surface area (Å²) in [6, 6.07) is 1.94. The van der Waals surface area contributed by atoms with Crippen LogP contribution in [0.25, 0.3) is 0 Å².